The summed E-state index contributed by atoms with van der Waals surface area (Å²) in [5.74, 6) is 6.37. The van der Waals surface area contributed by atoms with Gasteiger partial charge in [-0.2, -0.15) is 6.92 Å². The van der Waals surface area contributed by atoms with Crippen molar-refractivity contribution >= 4 is 66.7 Å². The number of hydrogen-bond donors (Lipinski definition) is 0. The summed E-state index contributed by atoms with van der Waals surface area (Å²) in [5.41, 5.74) is 16.1. The summed E-state index contributed by atoms with van der Waals surface area (Å²) in [6.07, 6.45) is 84.1. The second-order valence-electron chi connectivity index (χ2n) is 39.1. The zero-order valence-corrected chi connectivity index (χ0v) is 83.2. The first kappa shape index (κ1) is 107. The normalized spacial score (nSPS) is 24.9. The van der Waals surface area contributed by atoms with Crippen LogP contribution in [-0.4, -0.2) is 62.9 Å². The van der Waals surface area contributed by atoms with Gasteiger partial charge in [0.15, 0.2) is 6.16 Å². The molecule has 0 spiro atoms. The van der Waals surface area contributed by atoms with Gasteiger partial charge in [0, 0.05) is 33.1 Å². The number of benzene rings is 3. The second-order valence-corrected chi connectivity index (χ2v) is 53.0. The third-order valence-electron chi connectivity index (χ3n) is 30.2. The van der Waals surface area contributed by atoms with Crippen molar-refractivity contribution in [1.29, 1.82) is 0 Å². The van der Waals surface area contributed by atoms with Gasteiger partial charge >= 0.3 is 47.9 Å². The van der Waals surface area contributed by atoms with Crippen molar-refractivity contribution in [2.45, 2.75) is 420 Å². The number of carbonyl (C=O) groups is 3. The molecule has 7 unspecified atom stereocenters. The van der Waals surface area contributed by atoms with E-state index in [1.807, 2.05) is 98.7 Å². The topological polar surface area (TPSA) is 85.3 Å². The van der Waals surface area contributed by atoms with E-state index in [1.54, 1.807) is 200 Å². The molecule has 0 aliphatic heterocycles. The third kappa shape index (κ3) is 32.8. The molecule has 676 valence electrons. The Labute approximate surface area is 757 Å². The number of aryl methyl sites for hydroxylation is 9. The van der Waals surface area contributed by atoms with Crippen molar-refractivity contribution in [1.82, 2.24) is 0 Å². The van der Waals surface area contributed by atoms with Crippen LogP contribution in [0.3, 0.4) is 0 Å². The molecule has 120 heavy (non-hydrogen) atoms. The van der Waals surface area contributed by atoms with Gasteiger partial charge in [-0.25, -0.2) is 4.79 Å². The van der Waals surface area contributed by atoms with Gasteiger partial charge in [0.1, 0.15) is 0 Å². The molecular weight excluding hydrogens is 1670 g/mol. The number of halogens is 2. The molecule has 5 nitrogen and oxygen atoms in total. The quantitative estimate of drug-likeness (QED) is 0.0250. The summed E-state index contributed by atoms with van der Waals surface area (Å²) in [6, 6.07) is 11.8. The van der Waals surface area contributed by atoms with Crippen molar-refractivity contribution in [3.8, 4) is 0 Å². The zero-order chi connectivity index (χ0) is 85.1. The maximum absolute atomic E-state index is 14.9. The standard InChI is InChI=1S/C40H53O3P.C21H30O2P.2C18H33P.C7H10.C2H5.2CH4.2ClH.Ru/c1-9-32-14-15-33(23-32)16-17-34-24-35(10-2)36(25-34)13-11-12-18-44(43,39(41)37-28(5)19-26(3)20-29(37)6)40(42)38-30(7)21-27(4)22-31(38)8;1-5-18-9-10-19(14-18)8-6-7-11-24(23)21(22)20-16(3)12-15(2)13-17(20)4;2*1-4-10-16(11-5-1)19(17-12-6-2-7-13-17)18-14-8-3-9-15-18;1-2-7-4-3-6(1)5-7;1-2;;;;;/h9-10,16-17,19-22,32-36H,1-2,11-15,18,23-25H2,3-8H3;5,12-13,18-19H,1,6-11,14H2,2-4H3;2*16-18H,1-15H2;1-2,6-7H,3-5H2;1H2,2H3;2*1H4;2*1H;/q;+1;;;;-1;;;;;+2/b17-16+;;;;;;;;;;/t;18-,19?;;;6-,7+;;;;;;/m.1........./s1. The minimum absolute atomic E-state index is 0. The first-order valence-electron chi connectivity index (χ1n) is 48.5. The van der Waals surface area contributed by atoms with E-state index >= 15 is 0 Å². The molecule has 11 aliphatic carbocycles. The van der Waals surface area contributed by atoms with Gasteiger partial charge in [0.05, 0.1) is 39.5 Å². The fourth-order valence-corrected chi connectivity index (χ4v) is 39.0. The summed E-state index contributed by atoms with van der Waals surface area (Å²) in [6.45, 7) is 34.4. The summed E-state index contributed by atoms with van der Waals surface area (Å²) in [4.78, 5) is 41.0. The van der Waals surface area contributed by atoms with Gasteiger partial charge in [0.2, 0.25) is 18.2 Å². The summed E-state index contributed by atoms with van der Waals surface area (Å²) >= 11 is -0.346. The van der Waals surface area contributed by atoms with Crippen molar-refractivity contribution < 1.29 is 38.7 Å². The summed E-state index contributed by atoms with van der Waals surface area (Å²) in [5, 5.41) is 0. The Morgan fingerprint density at radius 2 is 0.750 bits per heavy atom. The Hall–Kier alpha value is -2.24. The van der Waals surface area contributed by atoms with Gasteiger partial charge in [-0.15, -0.1) is 19.7 Å². The Balaban J connectivity index is 0.000000248. The predicted molar refractivity (Wildman–Crippen MR) is 533 cm³/mol. The zero-order valence-electron chi connectivity index (χ0n) is 76.2. The van der Waals surface area contributed by atoms with Crippen LogP contribution in [-0.2, 0) is 24.3 Å². The first-order valence-corrected chi connectivity index (χ1v) is 59.8. The van der Waals surface area contributed by atoms with Crippen LogP contribution in [0, 0.1) is 122 Å². The van der Waals surface area contributed by atoms with Crippen LogP contribution < -0.4 is 0 Å². The number of unbranched alkanes of at least 4 members (excludes halogenated alkanes) is 2. The maximum atomic E-state index is 14.9. The first-order chi connectivity index (χ1) is 57.1. The van der Waals surface area contributed by atoms with Crippen molar-refractivity contribution in [3.05, 3.63) is 172 Å². The third-order valence-corrected chi connectivity index (χ3v) is 43.4. The Morgan fingerprint density at radius 1 is 0.417 bits per heavy atom. The van der Waals surface area contributed by atoms with Crippen LogP contribution in [0.5, 0.6) is 0 Å². The molecule has 11 aliphatic rings. The average molecular weight is 1850 g/mol. The molecule has 0 aromatic heterocycles. The van der Waals surface area contributed by atoms with Crippen molar-refractivity contribution in [2.24, 2.45) is 53.3 Å². The van der Waals surface area contributed by atoms with E-state index in [-0.39, 0.29) is 57.5 Å². The van der Waals surface area contributed by atoms with Crippen LogP contribution in [0.4, 0.5) is 0 Å². The summed E-state index contributed by atoms with van der Waals surface area (Å²) < 4.78 is 27.3. The molecular formula is C108H174Cl2O5P4Ru+2. The minimum atomic E-state index is -3.93. The molecule has 0 saturated heterocycles. The van der Waals surface area contributed by atoms with E-state index < -0.39 is 26.0 Å². The van der Waals surface area contributed by atoms with E-state index in [9.17, 15) is 23.5 Å². The molecule has 10 atom stereocenters. The Morgan fingerprint density at radius 3 is 1.07 bits per heavy atom. The molecule has 0 radical (unpaired) electrons. The number of hydrogen-bond acceptors (Lipinski definition) is 5. The predicted octanol–water partition coefficient (Wildman–Crippen LogP) is 35.2. The summed E-state index contributed by atoms with van der Waals surface area (Å²) in [7, 11) is 3.89. The van der Waals surface area contributed by atoms with E-state index in [0.29, 0.717) is 64.8 Å². The van der Waals surface area contributed by atoms with Crippen LogP contribution >= 0.6 is 50.2 Å². The van der Waals surface area contributed by atoms with Gasteiger partial charge < -0.3 is 11.5 Å². The van der Waals surface area contributed by atoms with Gasteiger partial charge in [-0.05, 0) is 399 Å². The fourth-order valence-electron chi connectivity index (χ4n) is 24.5. The Bertz CT molecular complexity index is 3400. The number of rotatable bonds is 27. The number of allylic oxidation sites excluding steroid dienone is 7. The van der Waals surface area contributed by atoms with E-state index in [1.165, 1.54) is 98.2 Å². The molecule has 0 amide bonds. The molecule has 10 saturated carbocycles. The van der Waals surface area contributed by atoms with E-state index in [0.717, 1.165) is 106 Å². The molecule has 14 rings (SSSR count). The SMILES string of the molecule is C.C.C1=C[C@H]2CC[C@@H]1C2.C1CCC([PH+](C2CCCCC2)C2CCCCC2)CC1.C1CCC([PH+](C2CCCCC2)C2CCCCC2)CC1.C=CC1CCC(/C=C/C2CC(C=C)C(CCCCP(=O)(C(=O)c3c(C)cc(C)cc3C)C(=O)c3c(C)cc(C)cc3C)C2)C1.C=C[C@@H]1CCC(CCCC[P+](=O)C(=O)c2c(C)cc(C)cc2C)C1.[CH2-]C.[Cl][Ru][Cl]. The van der Waals surface area contributed by atoms with E-state index in [4.69, 9.17) is 19.4 Å². The molecule has 0 N–H and O–H groups in total. The molecule has 12 heteroatoms. The molecule has 2 bridgehead atoms. The fraction of sp³-hybridized carbons (Fsp3) is 0.704. The van der Waals surface area contributed by atoms with Gasteiger partial charge in [-0.3, -0.25) is 9.59 Å². The number of fused-ring (bicyclic) bond motifs is 2. The van der Waals surface area contributed by atoms with Crippen LogP contribution in [0.2, 0.25) is 0 Å². The van der Waals surface area contributed by atoms with Crippen LogP contribution in [0.25, 0.3) is 0 Å². The molecule has 3 aromatic rings. The Kier molecular flexibility index (Phi) is 50.6. The molecule has 3 aromatic carbocycles. The van der Waals surface area contributed by atoms with Gasteiger partial charge in [0.25, 0.3) is 0 Å². The van der Waals surface area contributed by atoms with Crippen LogP contribution in [0.15, 0.2) is 98.7 Å². The average Bonchev–Trinajstić information content (AvgIpc) is 1.12. The van der Waals surface area contributed by atoms with Gasteiger partial charge in [-0.1, -0.05) is 166 Å². The monoisotopic (exact) mass is 1850 g/mol. The number of carbonyl (C=O) groups excluding carboxylic acids is 3. The van der Waals surface area contributed by atoms with Crippen molar-refractivity contribution in [2.75, 3.05) is 12.3 Å². The molecule has 0 heterocycles. The van der Waals surface area contributed by atoms with Crippen molar-refractivity contribution in [3.63, 3.8) is 0 Å². The molecule has 10 fully saturated rings. The van der Waals surface area contributed by atoms with E-state index in [2.05, 4.69) is 69.2 Å². The van der Waals surface area contributed by atoms with Crippen LogP contribution in [0.1, 0.15) is 405 Å². The second kappa shape index (κ2) is 56.9.